The number of alkyl halides is 3. The number of hydrogen-bond donors (Lipinski definition) is 2. The SMILES string of the molecule is CCN=C(NC1CCN(CC(F)(F)F)C1)NC1CC2CCC1O2. The molecule has 3 aliphatic heterocycles. The number of hydrogen-bond acceptors (Lipinski definition) is 3. The number of nitrogens with one attached hydrogen (secondary N) is 2. The molecule has 2 bridgehead atoms. The third-order valence-electron chi connectivity index (χ3n) is 4.76. The van der Waals surface area contributed by atoms with Gasteiger partial charge in [-0.1, -0.05) is 0 Å². The number of rotatable bonds is 4. The molecule has 5 nitrogen and oxygen atoms in total. The number of halogens is 3. The minimum atomic E-state index is -4.13. The molecule has 23 heavy (non-hydrogen) atoms. The Bertz CT molecular complexity index is 443. The van der Waals surface area contributed by atoms with E-state index in [2.05, 4.69) is 15.6 Å². The molecule has 0 aliphatic carbocycles. The van der Waals surface area contributed by atoms with Crippen LogP contribution in [0.1, 0.15) is 32.6 Å². The van der Waals surface area contributed by atoms with Gasteiger partial charge < -0.3 is 15.4 Å². The Morgan fingerprint density at radius 1 is 1.26 bits per heavy atom. The Kier molecular flexibility index (Phi) is 5.01. The quantitative estimate of drug-likeness (QED) is 0.604. The van der Waals surface area contributed by atoms with Crippen LogP contribution >= 0.6 is 0 Å². The predicted octanol–water partition coefficient (Wildman–Crippen LogP) is 1.50. The molecule has 3 rings (SSSR count). The third kappa shape index (κ3) is 4.50. The molecule has 3 heterocycles. The maximum Gasteiger partial charge on any atom is 0.401 e. The summed E-state index contributed by atoms with van der Waals surface area (Å²) in [7, 11) is 0. The minimum Gasteiger partial charge on any atom is -0.373 e. The van der Waals surface area contributed by atoms with Crippen LogP contribution in [-0.2, 0) is 4.74 Å². The number of nitrogens with zero attached hydrogens (tertiary/aromatic N) is 2. The topological polar surface area (TPSA) is 48.9 Å². The van der Waals surface area contributed by atoms with Crippen molar-refractivity contribution >= 4 is 5.96 Å². The maximum atomic E-state index is 12.5. The highest BCUT2D eigenvalue weighted by Gasteiger charge is 2.41. The molecular formula is C15H25F3N4O. The van der Waals surface area contributed by atoms with Crippen molar-refractivity contribution in [2.45, 2.75) is 63.1 Å². The minimum absolute atomic E-state index is 0.00894. The van der Waals surface area contributed by atoms with E-state index < -0.39 is 12.7 Å². The molecule has 8 heteroatoms. The molecule has 0 spiro atoms. The Hall–Kier alpha value is -1.02. The summed E-state index contributed by atoms with van der Waals surface area (Å²) >= 11 is 0. The Balaban J connectivity index is 1.49. The van der Waals surface area contributed by atoms with Crippen LogP contribution in [0, 0.1) is 0 Å². The summed E-state index contributed by atoms with van der Waals surface area (Å²) in [5, 5.41) is 6.70. The molecule has 0 aromatic rings. The van der Waals surface area contributed by atoms with Gasteiger partial charge in [-0.3, -0.25) is 9.89 Å². The number of ether oxygens (including phenoxy) is 1. The van der Waals surface area contributed by atoms with Crippen LogP contribution in [-0.4, -0.2) is 67.5 Å². The zero-order valence-corrected chi connectivity index (χ0v) is 13.4. The lowest BCUT2D eigenvalue weighted by atomic mass is 9.96. The summed E-state index contributed by atoms with van der Waals surface area (Å²) in [5.74, 6) is 0.701. The van der Waals surface area contributed by atoms with Gasteiger partial charge in [0.2, 0.25) is 0 Å². The largest absolute Gasteiger partial charge is 0.401 e. The molecule has 0 saturated carbocycles. The summed E-state index contributed by atoms with van der Waals surface area (Å²) < 4.78 is 43.2. The van der Waals surface area contributed by atoms with Crippen LogP contribution in [0.25, 0.3) is 0 Å². The van der Waals surface area contributed by atoms with Crippen molar-refractivity contribution in [3.05, 3.63) is 0 Å². The lowest BCUT2D eigenvalue weighted by Gasteiger charge is -2.25. The fourth-order valence-electron chi connectivity index (χ4n) is 3.80. The molecule has 0 amide bonds. The van der Waals surface area contributed by atoms with E-state index >= 15 is 0 Å². The van der Waals surface area contributed by atoms with E-state index in [0.717, 1.165) is 19.3 Å². The normalized spacial score (nSPS) is 35.0. The number of fused-ring (bicyclic) bond motifs is 2. The van der Waals surface area contributed by atoms with Gasteiger partial charge in [-0.15, -0.1) is 0 Å². The molecule has 0 radical (unpaired) electrons. The van der Waals surface area contributed by atoms with Gasteiger partial charge in [-0.25, -0.2) is 0 Å². The van der Waals surface area contributed by atoms with Gasteiger partial charge in [0, 0.05) is 25.7 Å². The molecule has 3 fully saturated rings. The smallest absolute Gasteiger partial charge is 0.373 e. The highest BCUT2D eigenvalue weighted by Crippen LogP contribution is 2.34. The second-order valence-electron chi connectivity index (χ2n) is 6.66. The van der Waals surface area contributed by atoms with Crippen molar-refractivity contribution < 1.29 is 17.9 Å². The zero-order chi connectivity index (χ0) is 16.4. The van der Waals surface area contributed by atoms with Crippen molar-refractivity contribution in [3.63, 3.8) is 0 Å². The van der Waals surface area contributed by atoms with Crippen molar-refractivity contribution in [1.29, 1.82) is 0 Å². The first-order valence-corrected chi connectivity index (χ1v) is 8.45. The molecule has 132 valence electrons. The standard InChI is InChI=1S/C15H25F3N4O/c1-2-19-14(21-12-7-11-3-4-13(12)23-11)20-10-5-6-22(8-10)9-15(16,17)18/h10-13H,2-9H2,1H3,(H2,19,20,21). The first-order chi connectivity index (χ1) is 10.9. The van der Waals surface area contributed by atoms with E-state index in [1.54, 1.807) is 0 Å². The van der Waals surface area contributed by atoms with E-state index in [1.165, 1.54) is 4.90 Å². The first kappa shape index (κ1) is 16.8. The molecule has 2 N–H and O–H groups in total. The average Bonchev–Trinajstić information content (AvgIpc) is 3.14. The average molecular weight is 334 g/mol. The van der Waals surface area contributed by atoms with Gasteiger partial charge in [-0.05, 0) is 32.6 Å². The summed E-state index contributed by atoms with van der Waals surface area (Å²) in [4.78, 5) is 5.88. The van der Waals surface area contributed by atoms with Crippen molar-refractivity contribution in [2.24, 2.45) is 4.99 Å². The van der Waals surface area contributed by atoms with Gasteiger partial charge in [0.05, 0.1) is 24.8 Å². The number of guanidine groups is 1. The lowest BCUT2D eigenvalue weighted by Crippen LogP contribution is -2.51. The molecule has 4 unspecified atom stereocenters. The van der Waals surface area contributed by atoms with Gasteiger partial charge in [-0.2, -0.15) is 13.2 Å². The predicted molar refractivity (Wildman–Crippen MR) is 81.4 cm³/mol. The van der Waals surface area contributed by atoms with Crippen molar-refractivity contribution in [3.8, 4) is 0 Å². The molecule has 4 atom stereocenters. The van der Waals surface area contributed by atoms with Crippen LogP contribution in [0.15, 0.2) is 4.99 Å². The lowest BCUT2D eigenvalue weighted by molar-refractivity contribution is -0.143. The van der Waals surface area contributed by atoms with E-state index in [9.17, 15) is 13.2 Å². The van der Waals surface area contributed by atoms with E-state index in [1.807, 2.05) is 6.92 Å². The second-order valence-corrected chi connectivity index (χ2v) is 6.66. The highest BCUT2D eigenvalue weighted by atomic mass is 19.4. The van der Waals surface area contributed by atoms with Gasteiger partial charge in [0.25, 0.3) is 0 Å². The van der Waals surface area contributed by atoms with Gasteiger partial charge in [0.1, 0.15) is 0 Å². The fourth-order valence-corrected chi connectivity index (χ4v) is 3.80. The van der Waals surface area contributed by atoms with Crippen molar-refractivity contribution in [2.75, 3.05) is 26.2 Å². The monoisotopic (exact) mass is 334 g/mol. The summed E-state index contributed by atoms with van der Waals surface area (Å²) in [6.45, 7) is 2.62. The first-order valence-electron chi connectivity index (χ1n) is 8.45. The highest BCUT2D eigenvalue weighted by molar-refractivity contribution is 5.80. The van der Waals surface area contributed by atoms with Gasteiger partial charge >= 0.3 is 6.18 Å². The van der Waals surface area contributed by atoms with E-state index in [-0.39, 0.29) is 18.2 Å². The molecular weight excluding hydrogens is 309 g/mol. The second kappa shape index (κ2) is 6.84. The van der Waals surface area contributed by atoms with Crippen LogP contribution in [0.3, 0.4) is 0 Å². The summed E-state index contributed by atoms with van der Waals surface area (Å²) in [6, 6.07) is 0.272. The zero-order valence-electron chi connectivity index (χ0n) is 13.4. The van der Waals surface area contributed by atoms with Gasteiger partial charge in [0.15, 0.2) is 5.96 Å². The van der Waals surface area contributed by atoms with Crippen LogP contribution in [0.2, 0.25) is 0 Å². The summed E-state index contributed by atoms with van der Waals surface area (Å²) in [6.07, 6.45) is 0.362. The third-order valence-corrected chi connectivity index (χ3v) is 4.76. The number of aliphatic imine (C=N–C) groups is 1. The van der Waals surface area contributed by atoms with Crippen LogP contribution in [0.4, 0.5) is 13.2 Å². The molecule has 3 saturated heterocycles. The number of likely N-dealkylation sites (tertiary alicyclic amines) is 1. The Labute approximate surface area is 134 Å². The van der Waals surface area contributed by atoms with Crippen molar-refractivity contribution in [1.82, 2.24) is 15.5 Å². The fraction of sp³-hybridized carbons (Fsp3) is 0.933. The molecule has 0 aromatic heterocycles. The molecule has 3 aliphatic rings. The van der Waals surface area contributed by atoms with Crippen LogP contribution in [0.5, 0.6) is 0 Å². The van der Waals surface area contributed by atoms with Crippen LogP contribution < -0.4 is 10.6 Å². The Morgan fingerprint density at radius 2 is 2.09 bits per heavy atom. The summed E-state index contributed by atoms with van der Waals surface area (Å²) in [5.41, 5.74) is 0. The molecule has 0 aromatic carbocycles. The van der Waals surface area contributed by atoms with E-state index in [0.29, 0.717) is 38.1 Å². The Morgan fingerprint density at radius 3 is 2.70 bits per heavy atom. The maximum absolute atomic E-state index is 12.5. The van der Waals surface area contributed by atoms with E-state index in [4.69, 9.17) is 4.74 Å².